The molecule has 4 heteroatoms. The van der Waals surface area contributed by atoms with E-state index in [-0.39, 0.29) is 11.0 Å². The van der Waals surface area contributed by atoms with E-state index in [2.05, 4.69) is 55.0 Å². The molecule has 1 aliphatic rings. The predicted octanol–water partition coefficient (Wildman–Crippen LogP) is 5.42. The Balaban J connectivity index is 2.83. The van der Waals surface area contributed by atoms with Gasteiger partial charge in [0.2, 0.25) is 0 Å². The van der Waals surface area contributed by atoms with Crippen LogP contribution >= 0.6 is 12.2 Å². The molecule has 1 rings (SSSR count). The molecule has 0 aromatic heterocycles. The van der Waals surface area contributed by atoms with E-state index in [1.165, 1.54) is 6.42 Å². The average Bonchev–Trinajstić information content (AvgIpc) is 2.25. The number of hydrogen-bond acceptors (Lipinski definition) is 4. The SMILES string of the molecule is CC(C)(C)CC(C)(C)N=NC1(N=C=S)CCCCC1. The lowest BCUT2D eigenvalue weighted by atomic mass is 9.82. The van der Waals surface area contributed by atoms with E-state index in [4.69, 9.17) is 12.2 Å². The average molecular weight is 281 g/mol. The van der Waals surface area contributed by atoms with Crippen LogP contribution in [0.2, 0.25) is 0 Å². The van der Waals surface area contributed by atoms with Crippen LogP contribution in [-0.4, -0.2) is 16.4 Å². The number of aliphatic imine (C=N–C) groups is 1. The van der Waals surface area contributed by atoms with E-state index in [0.717, 1.165) is 32.1 Å². The summed E-state index contributed by atoms with van der Waals surface area (Å²) in [5, 5.41) is 11.7. The van der Waals surface area contributed by atoms with Gasteiger partial charge in [0.1, 0.15) is 0 Å². The highest BCUT2D eigenvalue weighted by Gasteiger charge is 2.33. The van der Waals surface area contributed by atoms with Gasteiger partial charge in [-0.05, 0) is 63.6 Å². The Morgan fingerprint density at radius 1 is 1.05 bits per heavy atom. The molecule has 1 fully saturated rings. The molecule has 0 spiro atoms. The first-order valence-corrected chi connectivity index (χ1v) is 7.62. The van der Waals surface area contributed by atoms with Gasteiger partial charge in [0, 0.05) is 0 Å². The fourth-order valence-electron chi connectivity index (χ4n) is 3.00. The minimum absolute atomic E-state index is 0.153. The molecule has 0 aliphatic heterocycles. The van der Waals surface area contributed by atoms with Crippen LogP contribution in [0.4, 0.5) is 0 Å². The molecule has 19 heavy (non-hydrogen) atoms. The molecule has 0 aromatic rings. The van der Waals surface area contributed by atoms with Gasteiger partial charge < -0.3 is 0 Å². The topological polar surface area (TPSA) is 37.1 Å². The molecular formula is C15H27N3S. The first-order chi connectivity index (χ1) is 8.68. The van der Waals surface area contributed by atoms with Crippen molar-refractivity contribution in [3.8, 4) is 0 Å². The first-order valence-electron chi connectivity index (χ1n) is 7.21. The van der Waals surface area contributed by atoms with Crippen LogP contribution in [0.25, 0.3) is 0 Å². The Morgan fingerprint density at radius 3 is 2.11 bits per heavy atom. The Labute approximate surface area is 123 Å². The summed E-state index contributed by atoms with van der Waals surface area (Å²) in [5.41, 5.74) is -0.329. The summed E-state index contributed by atoms with van der Waals surface area (Å²) in [7, 11) is 0. The zero-order valence-corrected chi connectivity index (χ0v) is 13.8. The van der Waals surface area contributed by atoms with Gasteiger partial charge in [0.05, 0.1) is 10.7 Å². The molecule has 0 amide bonds. The fourth-order valence-corrected chi connectivity index (χ4v) is 3.17. The lowest BCUT2D eigenvalue weighted by Gasteiger charge is -2.31. The maximum absolute atomic E-state index is 4.78. The van der Waals surface area contributed by atoms with Crippen LogP contribution in [0, 0.1) is 5.41 Å². The summed E-state index contributed by atoms with van der Waals surface area (Å²) >= 11 is 4.78. The van der Waals surface area contributed by atoms with Gasteiger partial charge in [-0.15, -0.1) is 0 Å². The number of isothiocyanates is 1. The molecule has 0 atom stereocenters. The van der Waals surface area contributed by atoms with Gasteiger partial charge in [-0.25, -0.2) is 0 Å². The van der Waals surface area contributed by atoms with Crippen molar-refractivity contribution in [2.45, 2.75) is 84.3 Å². The van der Waals surface area contributed by atoms with Crippen molar-refractivity contribution < 1.29 is 0 Å². The van der Waals surface area contributed by atoms with Crippen LogP contribution < -0.4 is 0 Å². The second-order valence-corrected chi connectivity index (χ2v) is 7.68. The summed E-state index contributed by atoms with van der Waals surface area (Å²) in [4.78, 5) is 4.32. The number of hydrogen-bond donors (Lipinski definition) is 0. The van der Waals surface area contributed by atoms with Gasteiger partial charge >= 0.3 is 0 Å². The molecule has 1 aliphatic carbocycles. The van der Waals surface area contributed by atoms with Crippen LogP contribution in [-0.2, 0) is 0 Å². The van der Waals surface area contributed by atoms with E-state index in [0.29, 0.717) is 0 Å². The minimum Gasteiger partial charge on any atom is -0.200 e. The molecule has 0 aromatic carbocycles. The molecule has 0 N–H and O–H groups in total. The van der Waals surface area contributed by atoms with Gasteiger partial charge in [0.15, 0.2) is 5.66 Å². The molecule has 0 unspecified atom stereocenters. The lowest BCUT2D eigenvalue weighted by molar-refractivity contribution is 0.250. The molecule has 0 radical (unpaired) electrons. The summed E-state index contributed by atoms with van der Waals surface area (Å²) in [6.07, 6.45) is 6.46. The zero-order valence-electron chi connectivity index (χ0n) is 13.0. The molecule has 0 heterocycles. The number of thiocarbonyl (C=S) groups is 1. The fraction of sp³-hybridized carbons (Fsp3) is 0.933. The van der Waals surface area contributed by atoms with Gasteiger partial charge in [-0.2, -0.15) is 15.2 Å². The number of rotatable bonds is 4. The van der Waals surface area contributed by atoms with Crippen LogP contribution in [0.5, 0.6) is 0 Å². The summed E-state index contributed by atoms with van der Waals surface area (Å²) in [6.45, 7) is 11.0. The summed E-state index contributed by atoms with van der Waals surface area (Å²) in [5.74, 6) is 0. The van der Waals surface area contributed by atoms with Gasteiger partial charge in [-0.3, -0.25) is 0 Å². The maximum Gasteiger partial charge on any atom is 0.180 e. The van der Waals surface area contributed by atoms with Crippen molar-refractivity contribution in [3.05, 3.63) is 0 Å². The summed E-state index contributed by atoms with van der Waals surface area (Å²) in [6, 6.07) is 0. The Morgan fingerprint density at radius 2 is 1.63 bits per heavy atom. The quantitative estimate of drug-likeness (QED) is 0.385. The van der Waals surface area contributed by atoms with Crippen LogP contribution in [0.1, 0.15) is 73.1 Å². The number of azo groups is 1. The standard InChI is InChI=1S/C15H27N3S/c1-13(2,3)11-14(4,5)17-18-15(16-12-19)9-7-6-8-10-15/h6-11H2,1-5H3. The molecule has 1 saturated carbocycles. The summed E-state index contributed by atoms with van der Waals surface area (Å²) < 4.78 is 0. The normalized spacial score (nSPS) is 20.3. The molecule has 0 saturated heterocycles. The first kappa shape index (κ1) is 16.5. The van der Waals surface area contributed by atoms with Crippen molar-refractivity contribution in [3.63, 3.8) is 0 Å². The highest BCUT2D eigenvalue weighted by atomic mass is 32.1. The van der Waals surface area contributed by atoms with Crippen molar-refractivity contribution in [2.75, 3.05) is 0 Å². The Hall–Kier alpha value is -0.600. The predicted molar refractivity (Wildman–Crippen MR) is 83.8 cm³/mol. The lowest BCUT2D eigenvalue weighted by Crippen LogP contribution is -2.29. The smallest absolute Gasteiger partial charge is 0.180 e. The van der Waals surface area contributed by atoms with E-state index in [1.54, 1.807) is 0 Å². The van der Waals surface area contributed by atoms with Gasteiger partial charge in [-0.1, -0.05) is 27.2 Å². The number of nitrogens with zero attached hydrogens (tertiary/aromatic N) is 3. The van der Waals surface area contributed by atoms with Crippen molar-refractivity contribution in [1.29, 1.82) is 0 Å². The zero-order chi connectivity index (χ0) is 14.6. The third kappa shape index (κ3) is 5.92. The largest absolute Gasteiger partial charge is 0.200 e. The van der Waals surface area contributed by atoms with E-state index in [1.807, 2.05) is 0 Å². The third-order valence-corrected chi connectivity index (χ3v) is 3.47. The maximum atomic E-state index is 4.78. The Bertz CT molecular complexity index is 367. The highest BCUT2D eigenvalue weighted by Crippen LogP contribution is 2.35. The highest BCUT2D eigenvalue weighted by molar-refractivity contribution is 7.78. The molecule has 3 nitrogen and oxygen atoms in total. The van der Waals surface area contributed by atoms with Crippen molar-refractivity contribution >= 4 is 17.4 Å². The molecular weight excluding hydrogens is 254 g/mol. The van der Waals surface area contributed by atoms with E-state index < -0.39 is 5.66 Å². The molecule has 0 bridgehead atoms. The Kier molecular flexibility index (Phi) is 5.40. The van der Waals surface area contributed by atoms with Crippen LogP contribution in [0.3, 0.4) is 0 Å². The van der Waals surface area contributed by atoms with Crippen molar-refractivity contribution in [2.24, 2.45) is 20.6 Å². The van der Waals surface area contributed by atoms with E-state index in [9.17, 15) is 0 Å². The second kappa shape index (κ2) is 6.23. The van der Waals surface area contributed by atoms with Crippen molar-refractivity contribution in [1.82, 2.24) is 0 Å². The van der Waals surface area contributed by atoms with Gasteiger partial charge in [0.25, 0.3) is 0 Å². The van der Waals surface area contributed by atoms with E-state index >= 15 is 0 Å². The monoisotopic (exact) mass is 281 g/mol. The minimum atomic E-state index is -0.421. The van der Waals surface area contributed by atoms with Crippen LogP contribution in [0.15, 0.2) is 15.2 Å². The third-order valence-electron chi connectivity index (χ3n) is 3.38. The second-order valence-electron chi connectivity index (χ2n) is 7.50. The molecule has 108 valence electrons.